The van der Waals surface area contributed by atoms with Crippen molar-refractivity contribution >= 4 is 17.2 Å². The number of nitrogens with zero attached hydrogens (tertiary/aromatic N) is 4. The summed E-state index contributed by atoms with van der Waals surface area (Å²) in [7, 11) is 0. The Bertz CT molecular complexity index is 619. The van der Waals surface area contributed by atoms with E-state index in [1.165, 1.54) is 6.20 Å². The Kier molecular flexibility index (Phi) is 4.87. The second-order valence-corrected chi connectivity index (χ2v) is 4.78. The number of hydrogen-bond donors (Lipinski definition) is 0. The zero-order valence-corrected chi connectivity index (χ0v) is 12.7. The Labute approximate surface area is 125 Å². The van der Waals surface area contributed by atoms with Crippen molar-refractivity contribution in [3.8, 4) is 0 Å². The Hall–Kier alpha value is -2.43. The van der Waals surface area contributed by atoms with E-state index in [1.807, 2.05) is 31.2 Å². The molecule has 0 saturated carbocycles. The van der Waals surface area contributed by atoms with Crippen molar-refractivity contribution in [2.24, 2.45) is 10.2 Å². The number of rotatable bonds is 5. The van der Waals surface area contributed by atoms with Gasteiger partial charge in [0.2, 0.25) is 0 Å². The van der Waals surface area contributed by atoms with Crippen LogP contribution in [0, 0.1) is 12.1 Å². The van der Waals surface area contributed by atoms with Gasteiger partial charge in [-0.05, 0) is 61.8 Å². The molecule has 2 rings (SSSR count). The summed E-state index contributed by atoms with van der Waals surface area (Å²) in [6.07, 6.45) is 1.44. The molecule has 0 fully saturated rings. The topological polar surface area (TPSA) is 54.9 Å². The average Bonchev–Trinajstić information content (AvgIpc) is 2.51. The summed E-state index contributed by atoms with van der Waals surface area (Å²) in [6.45, 7) is 8.11. The SMILES string of the molecule is CCN(CC)c1ccc(N=Nc2cc(C)cc[n+]2[O-])cc1. The van der Waals surface area contributed by atoms with Gasteiger partial charge in [0, 0.05) is 24.8 Å². The van der Waals surface area contributed by atoms with Crippen molar-refractivity contribution < 1.29 is 4.73 Å². The largest absolute Gasteiger partial charge is 0.710 e. The molecule has 0 unspecified atom stereocenters. The lowest BCUT2D eigenvalue weighted by Crippen LogP contribution is -2.25. The van der Waals surface area contributed by atoms with Crippen LogP contribution in [0.4, 0.5) is 17.2 Å². The predicted molar refractivity (Wildman–Crippen MR) is 84.3 cm³/mol. The van der Waals surface area contributed by atoms with Crippen LogP contribution in [-0.4, -0.2) is 13.1 Å². The summed E-state index contributed by atoms with van der Waals surface area (Å²) >= 11 is 0. The lowest BCUT2D eigenvalue weighted by atomic mass is 10.2. The Morgan fingerprint density at radius 2 is 1.71 bits per heavy atom. The van der Waals surface area contributed by atoms with E-state index >= 15 is 0 Å². The maximum absolute atomic E-state index is 11.6. The van der Waals surface area contributed by atoms with Gasteiger partial charge in [0.15, 0.2) is 0 Å². The number of aryl methyl sites for hydroxylation is 1. The monoisotopic (exact) mass is 284 g/mol. The molecule has 0 saturated heterocycles. The summed E-state index contributed by atoms with van der Waals surface area (Å²) < 4.78 is 0.709. The molecular weight excluding hydrogens is 264 g/mol. The molecular formula is C16H20N4O. The van der Waals surface area contributed by atoms with Crippen LogP contribution >= 0.6 is 0 Å². The van der Waals surface area contributed by atoms with E-state index in [-0.39, 0.29) is 0 Å². The molecule has 1 aromatic heterocycles. The molecule has 5 heteroatoms. The lowest BCUT2D eigenvalue weighted by Gasteiger charge is -2.20. The fourth-order valence-electron chi connectivity index (χ4n) is 2.08. The molecule has 0 amide bonds. The van der Waals surface area contributed by atoms with Crippen LogP contribution in [0.5, 0.6) is 0 Å². The van der Waals surface area contributed by atoms with E-state index in [2.05, 4.69) is 29.0 Å². The van der Waals surface area contributed by atoms with Crippen LogP contribution in [0.2, 0.25) is 0 Å². The average molecular weight is 284 g/mol. The Morgan fingerprint density at radius 3 is 2.33 bits per heavy atom. The summed E-state index contributed by atoms with van der Waals surface area (Å²) in [4.78, 5) is 2.26. The van der Waals surface area contributed by atoms with E-state index in [9.17, 15) is 5.21 Å². The molecule has 0 N–H and O–H groups in total. The van der Waals surface area contributed by atoms with Gasteiger partial charge in [0.25, 0.3) is 0 Å². The molecule has 2 aromatic rings. The summed E-state index contributed by atoms with van der Waals surface area (Å²) in [5, 5.41) is 19.7. The molecule has 0 spiro atoms. The number of hydrogen-bond acceptors (Lipinski definition) is 4. The minimum Gasteiger partial charge on any atom is -0.710 e. The molecule has 1 aromatic carbocycles. The maximum Gasteiger partial charge on any atom is 0.353 e. The zero-order chi connectivity index (χ0) is 15.2. The van der Waals surface area contributed by atoms with E-state index in [0.29, 0.717) is 10.5 Å². The Balaban J connectivity index is 2.16. The van der Waals surface area contributed by atoms with Gasteiger partial charge in [0.05, 0.1) is 11.3 Å². The van der Waals surface area contributed by atoms with Gasteiger partial charge in [-0.3, -0.25) is 0 Å². The highest BCUT2D eigenvalue weighted by Gasteiger charge is 2.05. The minimum absolute atomic E-state index is 0.294. The third-order valence-electron chi connectivity index (χ3n) is 3.30. The molecule has 0 radical (unpaired) electrons. The second kappa shape index (κ2) is 6.83. The van der Waals surface area contributed by atoms with E-state index in [4.69, 9.17) is 0 Å². The molecule has 0 aliphatic heterocycles. The quantitative estimate of drug-likeness (QED) is 0.475. The van der Waals surface area contributed by atoms with Crippen molar-refractivity contribution in [1.82, 2.24) is 0 Å². The third-order valence-corrected chi connectivity index (χ3v) is 3.30. The number of pyridine rings is 1. The van der Waals surface area contributed by atoms with Crippen LogP contribution in [0.15, 0.2) is 52.8 Å². The fraction of sp³-hybridized carbons (Fsp3) is 0.312. The number of anilines is 1. The van der Waals surface area contributed by atoms with Crippen LogP contribution < -0.4 is 9.63 Å². The summed E-state index contributed by atoms with van der Waals surface area (Å²) in [6, 6.07) is 11.3. The first-order valence-corrected chi connectivity index (χ1v) is 7.10. The van der Waals surface area contributed by atoms with Gasteiger partial charge in [-0.1, -0.05) is 0 Å². The maximum atomic E-state index is 11.6. The number of benzene rings is 1. The van der Waals surface area contributed by atoms with Crippen molar-refractivity contribution in [2.45, 2.75) is 20.8 Å². The van der Waals surface area contributed by atoms with Gasteiger partial charge >= 0.3 is 5.82 Å². The first-order valence-electron chi connectivity index (χ1n) is 7.10. The van der Waals surface area contributed by atoms with Gasteiger partial charge in [-0.15, -0.1) is 0 Å². The molecule has 21 heavy (non-hydrogen) atoms. The smallest absolute Gasteiger partial charge is 0.353 e. The molecule has 0 bridgehead atoms. The highest BCUT2D eigenvalue weighted by molar-refractivity contribution is 5.52. The van der Waals surface area contributed by atoms with Crippen LogP contribution in [0.3, 0.4) is 0 Å². The second-order valence-electron chi connectivity index (χ2n) is 4.78. The molecule has 1 heterocycles. The fourth-order valence-corrected chi connectivity index (χ4v) is 2.08. The predicted octanol–water partition coefficient (Wildman–Crippen LogP) is 3.89. The number of aromatic nitrogens is 1. The Morgan fingerprint density at radius 1 is 1.05 bits per heavy atom. The van der Waals surface area contributed by atoms with E-state index in [0.717, 1.165) is 30.0 Å². The van der Waals surface area contributed by atoms with Gasteiger partial charge < -0.3 is 10.1 Å². The standard InChI is InChI=1S/C16H20N4O/c1-4-19(5-2)15-8-6-14(7-9-15)17-18-16-12-13(3)10-11-20(16)21/h6-12H,4-5H2,1-3H3. The van der Waals surface area contributed by atoms with Crippen LogP contribution in [-0.2, 0) is 0 Å². The van der Waals surface area contributed by atoms with E-state index in [1.54, 1.807) is 12.1 Å². The lowest BCUT2D eigenvalue weighted by molar-refractivity contribution is -0.591. The first kappa shape index (κ1) is 15.0. The van der Waals surface area contributed by atoms with Crippen LogP contribution in [0.25, 0.3) is 0 Å². The molecule has 0 atom stereocenters. The van der Waals surface area contributed by atoms with E-state index < -0.39 is 0 Å². The summed E-state index contributed by atoms with van der Waals surface area (Å²) in [5.74, 6) is 0.294. The highest BCUT2D eigenvalue weighted by Crippen LogP contribution is 2.21. The zero-order valence-electron chi connectivity index (χ0n) is 12.7. The number of azo groups is 1. The van der Waals surface area contributed by atoms with Crippen molar-refractivity contribution in [1.29, 1.82) is 0 Å². The van der Waals surface area contributed by atoms with Crippen molar-refractivity contribution in [3.05, 3.63) is 53.4 Å². The molecule has 0 aliphatic carbocycles. The van der Waals surface area contributed by atoms with Crippen LogP contribution in [0.1, 0.15) is 19.4 Å². The van der Waals surface area contributed by atoms with Gasteiger partial charge in [-0.2, -0.15) is 0 Å². The third kappa shape index (κ3) is 3.78. The van der Waals surface area contributed by atoms with Gasteiger partial charge in [0.1, 0.15) is 5.69 Å². The van der Waals surface area contributed by atoms with Crippen molar-refractivity contribution in [2.75, 3.05) is 18.0 Å². The first-order chi connectivity index (χ1) is 10.1. The normalized spacial score (nSPS) is 11.0. The van der Waals surface area contributed by atoms with Crippen molar-refractivity contribution in [3.63, 3.8) is 0 Å². The molecule has 110 valence electrons. The molecule has 5 nitrogen and oxygen atoms in total. The molecule has 0 aliphatic rings. The van der Waals surface area contributed by atoms with Gasteiger partial charge in [-0.25, -0.2) is 4.73 Å². The highest BCUT2D eigenvalue weighted by atomic mass is 16.5. The minimum atomic E-state index is 0.294. The summed E-state index contributed by atoms with van der Waals surface area (Å²) in [5.41, 5.74) is 2.87.